The molecule has 5 heterocycles. The lowest BCUT2D eigenvalue weighted by molar-refractivity contribution is -0.141. The van der Waals surface area contributed by atoms with Crippen molar-refractivity contribution in [1.82, 2.24) is 24.8 Å². The maximum Gasteiger partial charge on any atom is 0.272 e. The molecule has 0 radical (unpaired) electrons. The molecule has 3 atom stereocenters. The van der Waals surface area contributed by atoms with E-state index < -0.39 is 11.3 Å². The molecule has 2 saturated heterocycles. The number of Topliss-reactive ketones (excluding diaryl/α,β-unsaturated/α-hetero) is 1. The van der Waals surface area contributed by atoms with Gasteiger partial charge in [-0.05, 0) is 42.2 Å². The number of hydrogen-bond acceptors (Lipinski definition) is 6. The van der Waals surface area contributed by atoms with Crippen LogP contribution in [0.15, 0.2) is 67.0 Å². The van der Waals surface area contributed by atoms with Crippen LogP contribution in [0.2, 0.25) is 0 Å². The van der Waals surface area contributed by atoms with Gasteiger partial charge < -0.3 is 14.8 Å². The maximum atomic E-state index is 13.9. The average molecular weight is 561 g/mol. The summed E-state index contributed by atoms with van der Waals surface area (Å²) in [6, 6.07) is 18.4. The summed E-state index contributed by atoms with van der Waals surface area (Å²) < 4.78 is 0. The lowest BCUT2D eigenvalue weighted by Crippen LogP contribution is -2.53. The molecule has 2 aliphatic heterocycles. The van der Waals surface area contributed by atoms with Gasteiger partial charge in [-0.3, -0.25) is 19.4 Å². The van der Waals surface area contributed by atoms with E-state index in [0.29, 0.717) is 30.2 Å². The van der Waals surface area contributed by atoms with E-state index >= 15 is 0 Å². The first kappa shape index (κ1) is 27.3. The molecule has 6 rings (SSSR count). The fourth-order valence-electron chi connectivity index (χ4n) is 6.14. The molecule has 2 fully saturated rings. The molecule has 2 amide bonds. The quantitative estimate of drug-likeness (QED) is 0.336. The molecule has 0 spiro atoms. The van der Waals surface area contributed by atoms with Crippen LogP contribution in [0.25, 0.3) is 22.0 Å². The van der Waals surface area contributed by atoms with Gasteiger partial charge in [0, 0.05) is 53.9 Å². The molecule has 2 aliphatic rings. The molecular weight excluding hydrogens is 528 g/mol. The van der Waals surface area contributed by atoms with Crippen molar-refractivity contribution in [3.8, 4) is 17.2 Å². The summed E-state index contributed by atoms with van der Waals surface area (Å²) in [7, 11) is 0. The Balaban J connectivity index is 1.12. The number of fused-ring (bicyclic) bond motifs is 3. The number of nitrogens with zero attached hydrogens (tertiary/aromatic N) is 5. The van der Waals surface area contributed by atoms with Crippen molar-refractivity contribution in [2.24, 2.45) is 11.3 Å². The summed E-state index contributed by atoms with van der Waals surface area (Å²) in [4.78, 5) is 56.0. The van der Waals surface area contributed by atoms with Gasteiger partial charge in [0.25, 0.3) is 5.91 Å². The van der Waals surface area contributed by atoms with Gasteiger partial charge in [-0.15, -0.1) is 0 Å². The number of carbonyl (C=O) groups is 3. The number of benzene rings is 1. The van der Waals surface area contributed by atoms with Crippen molar-refractivity contribution in [3.63, 3.8) is 0 Å². The third-order valence-corrected chi connectivity index (χ3v) is 8.54. The first-order valence-electron chi connectivity index (χ1n) is 14.2. The molecule has 3 aromatic heterocycles. The number of H-pyrrole nitrogens is 1. The normalized spacial score (nSPS) is 18.7. The van der Waals surface area contributed by atoms with Crippen LogP contribution < -0.4 is 0 Å². The van der Waals surface area contributed by atoms with Crippen LogP contribution in [0.4, 0.5) is 0 Å². The number of rotatable bonds is 6. The molecule has 4 aromatic rings. The Hall–Kier alpha value is -4.84. The number of nitrogens with one attached hydrogen (secondary N) is 1. The van der Waals surface area contributed by atoms with Crippen LogP contribution in [0.5, 0.6) is 0 Å². The van der Waals surface area contributed by atoms with Crippen molar-refractivity contribution in [1.29, 1.82) is 5.26 Å². The molecular formula is C33H32N6O3. The fourth-order valence-corrected chi connectivity index (χ4v) is 6.14. The molecule has 212 valence electrons. The predicted molar refractivity (Wildman–Crippen MR) is 157 cm³/mol. The number of aromatic nitrogens is 3. The second-order valence-electron chi connectivity index (χ2n) is 12.3. The van der Waals surface area contributed by atoms with Crippen LogP contribution in [0.1, 0.15) is 60.3 Å². The van der Waals surface area contributed by atoms with Gasteiger partial charge in [0.05, 0.1) is 23.7 Å². The zero-order valence-corrected chi connectivity index (χ0v) is 23.9. The second kappa shape index (κ2) is 10.5. The lowest BCUT2D eigenvalue weighted by atomic mass is 9.76. The number of pyridine rings is 2. The highest BCUT2D eigenvalue weighted by Crippen LogP contribution is 2.38. The van der Waals surface area contributed by atoms with Crippen molar-refractivity contribution in [3.05, 3.63) is 84.1 Å². The first-order valence-corrected chi connectivity index (χ1v) is 14.2. The SMILES string of the molecule is CC(C)(C)[C@H](CC(=O)c1cc2ccccc2[nH]1)C(=O)N1C[C@@H]2C[C@H]1CN2C(=O)c1ccc(-c2ccc(C#N)nc2)cn1. The van der Waals surface area contributed by atoms with E-state index in [1.807, 2.05) is 73.0 Å². The average Bonchev–Trinajstić information content (AvgIpc) is 3.73. The number of hydrogen-bond donors (Lipinski definition) is 1. The van der Waals surface area contributed by atoms with Gasteiger partial charge in [-0.2, -0.15) is 5.26 Å². The summed E-state index contributed by atoms with van der Waals surface area (Å²) in [6.45, 7) is 6.91. The molecule has 2 bridgehead atoms. The first-order chi connectivity index (χ1) is 20.1. The lowest BCUT2D eigenvalue weighted by Gasteiger charge is -2.39. The molecule has 42 heavy (non-hydrogen) atoms. The standard InChI is InChI=1S/C33H32N6O3/c1-33(2,3)26(14-30(40)29-12-20-6-4-5-7-27(20)37-29)31(41)38-18-25-13-24(38)19-39(25)32(42)28-11-9-22(17-36-28)21-8-10-23(15-34)35-16-21/h4-12,16-17,24-26,37H,13-14,18-19H2,1-3H3/t24-,25-,26+/m0/s1. The molecule has 0 aliphatic carbocycles. The Labute approximate surface area is 244 Å². The molecule has 0 saturated carbocycles. The van der Waals surface area contributed by atoms with Gasteiger partial charge in [0.1, 0.15) is 17.5 Å². The zero-order chi connectivity index (χ0) is 29.6. The predicted octanol–water partition coefficient (Wildman–Crippen LogP) is 4.86. The molecule has 0 unspecified atom stereocenters. The van der Waals surface area contributed by atoms with E-state index in [1.165, 1.54) is 0 Å². The Morgan fingerprint density at radius 1 is 0.976 bits per heavy atom. The van der Waals surface area contributed by atoms with Crippen LogP contribution in [0.3, 0.4) is 0 Å². The molecule has 1 aromatic carbocycles. The summed E-state index contributed by atoms with van der Waals surface area (Å²) in [6.07, 6.45) is 4.09. The number of amides is 2. The van der Waals surface area contributed by atoms with Crippen LogP contribution >= 0.6 is 0 Å². The van der Waals surface area contributed by atoms with Crippen molar-refractivity contribution in [2.45, 2.75) is 45.7 Å². The number of piperazine rings is 1. The van der Waals surface area contributed by atoms with Gasteiger partial charge in [0.15, 0.2) is 5.78 Å². The summed E-state index contributed by atoms with van der Waals surface area (Å²) >= 11 is 0. The number of para-hydroxylation sites is 1. The molecule has 9 nitrogen and oxygen atoms in total. The third-order valence-electron chi connectivity index (χ3n) is 8.54. The number of ketones is 1. The van der Waals surface area contributed by atoms with Gasteiger partial charge in [0.2, 0.25) is 5.91 Å². The molecule has 1 N–H and O–H groups in total. The Morgan fingerprint density at radius 3 is 2.26 bits per heavy atom. The maximum absolute atomic E-state index is 13.9. The second-order valence-corrected chi connectivity index (χ2v) is 12.3. The largest absolute Gasteiger partial charge is 0.352 e. The number of nitriles is 1. The fraction of sp³-hybridized carbons (Fsp3) is 0.333. The van der Waals surface area contributed by atoms with E-state index in [2.05, 4.69) is 15.0 Å². The monoisotopic (exact) mass is 560 g/mol. The third kappa shape index (κ3) is 5.05. The minimum atomic E-state index is -0.481. The minimum Gasteiger partial charge on any atom is -0.352 e. The van der Waals surface area contributed by atoms with E-state index in [4.69, 9.17) is 5.26 Å². The number of likely N-dealkylation sites (tertiary alicyclic amines) is 2. The van der Waals surface area contributed by atoms with E-state index in [0.717, 1.165) is 28.5 Å². The van der Waals surface area contributed by atoms with Crippen molar-refractivity contribution in [2.75, 3.05) is 13.1 Å². The van der Waals surface area contributed by atoms with Crippen LogP contribution in [-0.2, 0) is 4.79 Å². The number of aromatic amines is 1. The highest BCUT2D eigenvalue weighted by atomic mass is 16.2. The summed E-state index contributed by atoms with van der Waals surface area (Å²) in [5, 5.41) is 9.92. The topological polar surface area (TPSA) is 123 Å². The highest BCUT2D eigenvalue weighted by Gasteiger charge is 2.50. The van der Waals surface area contributed by atoms with Crippen LogP contribution in [-0.4, -0.2) is 67.5 Å². The minimum absolute atomic E-state index is 0.0231. The van der Waals surface area contributed by atoms with Gasteiger partial charge in [-0.1, -0.05) is 45.0 Å². The summed E-state index contributed by atoms with van der Waals surface area (Å²) in [5.41, 5.74) is 3.31. The van der Waals surface area contributed by atoms with Crippen LogP contribution in [0, 0.1) is 22.7 Å². The van der Waals surface area contributed by atoms with E-state index in [9.17, 15) is 14.4 Å². The Kier molecular flexibility index (Phi) is 6.85. The Bertz CT molecular complexity index is 1680. The van der Waals surface area contributed by atoms with Gasteiger partial charge >= 0.3 is 0 Å². The zero-order valence-electron chi connectivity index (χ0n) is 23.9. The smallest absolute Gasteiger partial charge is 0.272 e. The van der Waals surface area contributed by atoms with E-state index in [1.54, 1.807) is 30.6 Å². The summed E-state index contributed by atoms with van der Waals surface area (Å²) in [5.74, 6) is -0.733. The van der Waals surface area contributed by atoms with Crippen molar-refractivity contribution < 1.29 is 14.4 Å². The highest BCUT2D eigenvalue weighted by molar-refractivity contribution is 6.01. The van der Waals surface area contributed by atoms with Crippen molar-refractivity contribution >= 4 is 28.5 Å². The van der Waals surface area contributed by atoms with Gasteiger partial charge in [-0.25, -0.2) is 4.98 Å². The Morgan fingerprint density at radius 2 is 1.67 bits per heavy atom. The van der Waals surface area contributed by atoms with E-state index in [-0.39, 0.29) is 36.1 Å². The molecule has 9 heteroatoms. The number of carbonyl (C=O) groups excluding carboxylic acids is 3.